The molecule has 0 bridgehead atoms. The Hall–Kier alpha value is -1.22. The molecule has 1 unspecified atom stereocenters. The molecule has 3 nitrogen and oxygen atoms in total. The van der Waals surface area contributed by atoms with Crippen LogP contribution in [-0.4, -0.2) is 25.8 Å². The van der Waals surface area contributed by atoms with Crippen LogP contribution in [0.2, 0.25) is 0 Å². The quantitative estimate of drug-likeness (QED) is 0.700. The van der Waals surface area contributed by atoms with E-state index in [2.05, 4.69) is 31.3 Å². The Morgan fingerprint density at radius 2 is 2.10 bits per heavy atom. The fourth-order valence-electron chi connectivity index (χ4n) is 2.29. The highest BCUT2D eigenvalue weighted by Crippen LogP contribution is 2.29. The first kappa shape index (κ1) is 15.2. The molecule has 1 aliphatic carbocycles. The highest BCUT2D eigenvalue weighted by Gasteiger charge is 2.19. The first-order valence-electron chi connectivity index (χ1n) is 7.80. The van der Waals surface area contributed by atoms with E-state index in [1.807, 2.05) is 6.07 Å². The summed E-state index contributed by atoms with van der Waals surface area (Å²) in [4.78, 5) is 0. The van der Waals surface area contributed by atoms with Gasteiger partial charge in [0.15, 0.2) is 11.5 Å². The summed E-state index contributed by atoms with van der Waals surface area (Å²) in [5.74, 6) is 1.69. The van der Waals surface area contributed by atoms with Gasteiger partial charge in [-0.25, -0.2) is 0 Å². The Morgan fingerprint density at radius 1 is 1.30 bits per heavy atom. The molecule has 2 rings (SSSR count). The van der Waals surface area contributed by atoms with E-state index in [1.165, 1.54) is 18.4 Å². The minimum Gasteiger partial charge on any atom is -0.493 e. The van der Waals surface area contributed by atoms with Gasteiger partial charge in [-0.15, -0.1) is 0 Å². The van der Waals surface area contributed by atoms with Crippen molar-refractivity contribution in [2.24, 2.45) is 0 Å². The summed E-state index contributed by atoms with van der Waals surface area (Å²) in [6, 6.07) is 7.00. The summed E-state index contributed by atoms with van der Waals surface area (Å²) < 4.78 is 11.4. The number of hydrogen-bond acceptors (Lipinski definition) is 3. The van der Waals surface area contributed by atoms with E-state index < -0.39 is 0 Å². The molecule has 1 saturated carbocycles. The Labute approximate surface area is 122 Å². The van der Waals surface area contributed by atoms with Gasteiger partial charge in [-0.1, -0.05) is 13.0 Å². The lowest BCUT2D eigenvalue weighted by Gasteiger charge is -2.17. The summed E-state index contributed by atoms with van der Waals surface area (Å²) in [5, 5.41) is 3.53. The van der Waals surface area contributed by atoms with Gasteiger partial charge in [-0.2, -0.15) is 0 Å². The van der Waals surface area contributed by atoms with Gasteiger partial charge in [0.25, 0.3) is 0 Å². The van der Waals surface area contributed by atoms with E-state index in [-0.39, 0.29) is 6.10 Å². The van der Waals surface area contributed by atoms with Crippen LogP contribution in [0.25, 0.3) is 0 Å². The summed E-state index contributed by atoms with van der Waals surface area (Å²) in [7, 11) is 1.70. The zero-order valence-electron chi connectivity index (χ0n) is 12.9. The minimum absolute atomic E-state index is 0.220. The molecule has 0 aliphatic heterocycles. The van der Waals surface area contributed by atoms with Crippen molar-refractivity contribution in [2.45, 2.75) is 58.1 Å². The zero-order chi connectivity index (χ0) is 14.4. The molecular weight excluding hydrogens is 250 g/mol. The van der Waals surface area contributed by atoms with Gasteiger partial charge in [-0.3, -0.25) is 0 Å². The van der Waals surface area contributed by atoms with Crippen molar-refractivity contribution in [3.8, 4) is 11.5 Å². The number of hydrogen-bond donors (Lipinski definition) is 1. The first-order chi connectivity index (χ1) is 9.72. The predicted molar refractivity (Wildman–Crippen MR) is 82.7 cm³/mol. The minimum atomic E-state index is 0.220. The number of aryl methyl sites for hydroxylation is 1. The van der Waals surface area contributed by atoms with E-state index in [0.29, 0.717) is 0 Å². The topological polar surface area (TPSA) is 30.5 Å². The SMILES string of the molecule is CCc1ccc(OC(C)CCCNC2CC2)c(OC)c1. The van der Waals surface area contributed by atoms with Crippen molar-refractivity contribution < 1.29 is 9.47 Å². The summed E-state index contributed by atoms with van der Waals surface area (Å²) >= 11 is 0. The number of benzene rings is 1. The molecule has 1 aromatic carbocycles. The van der Waals surface area contributed by atoms with Gasteiger partial charge in [0, 0.05) is 6.04 Å². The second kappa shape index (κ2) is 7.53. The average molecular weight is 277 g/mol. The number of nitrogens with one attached hydrogen (secondary N) is 1. The number of ether oxygens (including phenoxy) is 2. The molecule has 1 fully saturated rings. The van der Waals surface area contributed by atoms with Crippen LogP contribution < -0.4 is 14.8 Å². The molecule has 0 aromatic heterocycles. The molecular formula is C17H27NO2. The molecule has 0 saturated heterocycles. The molecule has 0 spiro atoms. The van der Waals surface area contributed by atoms with Gasteiger partial charge in [-0.05, 0) is 63.3 Å². The van der Waals surface area contributed by atoms with Gasteiger partial charge in [0.2, 0.25) is 0 Å². The Morgan fingerprint density at radius 3 is 2.75 bits per heavy atom. The van der Waals surface area contributed by atoms with Crippen LogP contribution in [0.1, 0.15) is 45.1 Å². The largest absolute Gasteiger partial charge is 0.493 e. The first-order valence-corrected chi connectivity index (χ1v) is 7.80. The van der Waals surface area contributed by atoms with Crippen molar-refractivity contribution >= 4 is 0 Å². The van der Waals surface area contributed by atoms with Crippen molar-refractivity contribution in [3.05, 3.63) is 23.8 Å². The number of rotatable bonds is 9. The Bertz CT molecular complexity index is 415. The molecule has 112 valence electrons. The third-order valence-corrected chi connectivity index (χ3v) is 3.76. The molecule has 1 aromatic rings. The average Bonchev–Trinajstić information content (AvgIpc) is 3.28. The van der Waals surface area contributed by atoms with Crippen LogP contribution in [0.15, 0.2) is 18.2 Å². The van der Waals surface area contributed by atoms with Crippen LogP contribution >= 0.6 is 0 Å². The fourth-order valence-corrected chi connectivity index (χ4v) is 2.29. The standard InChI is InChI=1S/C17H27NO2/c1-4-14-7-10-16(17(12-14)19-3)20-13(2)6-5-11-18-15-8-9-15/h7,10,12-13,15,18H,4-6,8-9,11H2,1-3H3. The van der Waals surface area contributed by atoms with Crippen molar-refractivity contribution in [1.29, 1.82) is 0 Å². The highest BCUT2D eigenvalue weighted by atomic mass is 16.5. The normalized spacial score (nSPS) is 15.9. The fraction of sp³-hybridized carbons (Fsp3) is 0.647. The van der Waals surface area contributed by atoms with E-state index >= 15 is 0 Å². The maximum absolute atomic E-state index is 6.01. The van der Waals surface area contributed by atoms with Gasteiger partial charge >= 0.3 is 0 Å². The van der Waals surface area contributed by atoms with E-state index in [4.69, 9.17) is 9.47 Å². The molecule has 1 N–H and O–H groups in total. The smallest absolute Gasteiger partial charge is 0.161 e. The third kappa shape index (κ3) is 4.71. The van der Waals surface area contributed by atoms with Crippen LogP contribution in [0, 0.1) is 0 Å². The van der Waals surface area contributed by atoms with Crippen LogP contribution in [0.3, 0.4) is 0 Å². The highest BCUT2D eigenvalue weighted by molar-refractivity contribution is 5.43. The monoisotopic (exact) mass is 277 g/mol. The lowest BCUT2D eigenvalue weighted by atomic mass is 10.1. The van der Waals surface area contributed by atoms with Crippen molar-refractivity contribution in [3.63, 3.8) is 0 Å². The molecule has 0 amide bonds. The predicted octanol–water partition coefficient (Wildman–Crippen LogP) is 3.56. The van der Waals surface area contributed by atoms with Gasteiger partial charge < -0.3 is 14.8 Å². The molecule has 20 heavy (non-hydrogen) atoms. The van der Waals surface area contributed by atoms with E-state index in [1.54, 1.807) is 7.11 Å². The molecule has 1 aliphatic rings. The Balaban J connectivity index is 1.78. The zero-order valence-corrected chi connectivity index (χ0v) is 12.9. The van der Waals surface area contributed by atoms with Crippen molar-refractivity contribution in [1.82, 2.24) is 5.32 Å². The maximum atomic E-state index is 6.01. The van der Waals surface area contributed by atoms with E-state index in [0.717, 1.165) is 43.3 Å². The van der Waals surface area contributed by atoms with Crippen molar-refractivity contribution in [2.75, 3.05) is 13.7 Å². The molecule has 1 atom stereocenters. The van der Waals surface area contributed by atoms with Gasteiger partial charge in [0.1, 0.15) is 0 Å². The molecule has 0 heterocycles. The lowest BCUT2D eigenvalue weighted by Crippen LogP contribution is -2.20. The van der Waals surface area contributed by atoms with Crippen LogP contribution in [-0.2, 0) is 6.42 Å². The Kier molecular flexibility index (Phi) is 5.72. The molecule has 3 heteroatoms. The number of methoxy groups -OCH3 is 1. The maximum Gasteiger partial charge on any atom is 0.161 e. The lowest BCUT2D eigenvalue weighted by molar-refractivity contribution is 0.198. The van der Waals surface area contributed by atoms with E-state index in [9.17, 15) is 0 Å². The summed E-state index contributed by atoms with van der Waals surface area (Å²) in [6.07, 6.45) is 6.17. The second-order valence-electron chi connectivity index (χ2n) is 5.64. The van der Waals surface area contributed by atoms with Gasteiger partial charge in [0.05, 0.1) is 13.2 Å². The second-order valence-corrected chi connectivity index (χ2v) is 5.64. The molecule has 0 radical (unpaired) electrons. The third-order valence-electron chi connectivity index (χ3n) is 3.76. The van der Waals surface area contributed by atoms with Crippen LogP contribution in [0.4, 0.5) is 0 Å². The summed E-state index contributed by atoms with van der Waals surface area (Å²) in [6.45, 7) is 5.37. The van der Waals surface area contributed by atoms with Crippen LogP contribution in [0.5, 0.6) is 11.5 Å². The summed E-state index contributed by atoms with van der Waals surface area (Å²) in [5.41, 5.74) is 1.27.